The van der Waals surface area contributed by atoms with Crippen LogP contribution >= 0.6 is 31.9 Å². The largest absolute Gasteiger partial charge is 0.241 e. The molecular formula is C11H15Br2NO2S. The van der Waals surface area contributed by atoms with Crippen LogP contribution < -0.4 is 4.72 Å². The zero-order valence-electron chi connectivity index (χ0n) is 9.70. The van der Waals surface area contributed by atoms with E-state index >= 15 is 0 Å². The summed E-state index contributed by atoms with van der Waals surface area (Å²) < 4.78 is 27.8. The van der Waals surface area contributed by atoms with Gasteiger partial charge in [0.1, 0.15) is 0 Å². The van der Waals surface area contributed by atoms with Crippen molar-refractivity contribution in [3.8, 4) is 0 Å². The molecule has 0 bridgehead atoms. The van der Waals surface area contributed by atoms with E-state index in [9.17, 15) is 8.42 Å². The Hall–Kier alpha value is 0.0900. The highest BCUT2D eigenvalue weighted by Gasteiger charge is 2.27. The van der Waals surface area contributed by atoms with Gasteiger partial charge < -0.3 is 0 Å². The lowest BCUT2D eigenvalue weighted by molar-refractivity contribution is 0.449. The van der Waals surface area contributed by atoms with Gasteiger partial charge in [-0.2, -0.15) is 0 Å². The van der Waals surface area contributed by atoms with Crippen LogP contribution in [0.25, 0.3) is 0 Å². The number of hydrogen-bond donors (Lipinski definition) is 1. The minimum atomic E-state index is -3.47. The van der Waals surface area contributed by atoms with Crippen LogP contribution in [-0.2, 0) is 10.0 Å². The maximum Gasteiger partial charge on any atom is 0.241 e. The summed E-state index contributed by atoms with van der Waals surface area (Å²) >= 11 is 6.60. The molecule has 96 valence electrons. The van der Waals surface area contributed by atoms with E-state index in [1.807, 2.05) is 13.8 Å². The highest BCUT2D eigenvalue weighted by molar-refractivity contribution is 9.10. The van der Waals surface area contributed by atoms with Crippen molar-refractivity contribution in [2.24, 2.45) is 0 Å². The average molecular weight is 385 g/mol. The second-order valence-electron chi connectivity index (χ2n) is 4.11. The van der Waals surface area contributed by atoms with Crippen molar-refractivity contribution in [2.75, 3.05) is 5.33 Å². The van der Waals surface area contributed by atoms with Crippen molar-refractivity contribution >= 4 is 41.9 Å². The topological polar surface area (TPSA) is 46.2 Å². The van der Waals surface area contributed by atoms with Crippen LogP contribution in [0.1, 0.15) is 20.3 Å². The number of benzene rings is 1. The summed E-state index contributed by atoms with van der Waals surface area (Å²) in [5.41, 5.74) is -0.471. The summed E-state index contributed by atoms with van der Waals surface area (Å²) in [6.07, 6.45) is 0.714. The molecule has 1 aromatic rings. The standard InChI is InChI=1S/C11H15Br2NO2S/c1-3-11(2,8-12)14-17(15,16)10-6-4-5-9(13)7-10/h4-7,14H,3,8H2,1-2H3. The quantitative estimate of drug-likeness (QED) is 0.791. The predicted molar refractivity (Wildman–Crippen MR) is 77.0 cm³/mol. The van der Waals surface area contributed by atoms with Gasteiger partial charge in [0.05, 0.1) is 4.90 Å². The van der Waals surface area contributed by atoms with Crippen LogP contribution in [0.3, 0.4) is 0 Å². The molecule has 0 aliphatic carbocycles. The molecule has 0 saturated heterocycles. The SMILES string of the molecule is CCC(C)(CBr)NS(=O)(=O)c1cccc(Br)c1. The zero-order chi connectivity index (χ0) is 13.1. The number of hydrogen-bond acceptors (Lipinski definition) is 2. The number of sulfonamides is 1. The Morgan fingerprint density at radius 2 is 2.06 bits per heavy atom. The predicted octanol–water partition coefficient (Wildman–Crippen LogP) is 3.29. The molecule has 6 heteroatoms. The van der Waals surface area contributed by atoms with Gasteiger partial charge >= 0.3 is 0 Å². The van der Waals surface area contributed by atoms with Crippen molar-refractivity contribution in [1.82, 2.24) is 4.72 Å². The van der Waals surface area contributed by atoms with E-state index in [1.54, 1.807) is 24.3 Å². The molecule has 0 saturated carbocycles. The highest BCUT2D eigenvalue weighted by atomic mass is 79.9. The summed E-state index contributed by atoms with van der Waals surface area (Å²) in [5.74, 6) is 0. The maximum absolute atomic E-state index is 12.2. The first-order valence-corrected chi connectivity index (χ1v) is 8.58. The van der Waals surface area contributed by atoms with E-state index in [2.05, 4.69) is 36.6 Å². The number of nitrogens with one attached hydrogen (secondary N) is 1. The van der Waals surface area contributed by atoms with Crippen LogP contribution in [0, 0.1) is 0 Å². The molecule has 0 spiro atoms. The Morgan fingerprint density at radius 3 is 2.53 bits per heavy atom. The number of rotatable bonds is 5. The third kappa shape index (κ3) is 4.05. The lowest BCUT2D eigenvalue weighted by Crippen LogP contribution is -2.46. The van der Waals surface area contributed by atoms with Gasteiger partial charge in [0.2, 0.25) is 10.0 Å². The molecule has 0 amide bonds. The first kappa shape index (κ1) is 15.1. The Labute approximate surface area is 119 Å². The van der Waals surface area contributed by atoms with Gasteiger partial charge in [0, 0.05) is 15.3 Å². The van der Waals surface area contributed by atoms with Gasteiger partial charge in [-0.05, 0) is 31.5 Å². The van der Waals surface area contributed by atoms with Gasteiger partial charge in [0.25, 0.3) is 0 Å². The Morgan fingerprint density at radius 1 is 1.41 bits per heavy atom. The van der Waals surface area contributed by atoms with E-state index in [0.717, 1.165) is 4.47 Å². The first-order valence-electron chi connectivity index (χ1n) is 5.18. The van der Waals surface area contributed by atoms with Crippen molar-refractivity contribution in [3.05, 3.63) is 28.7 Å². The van der Waals surface area contributed by atoms with Gasteiger partial charge in [0.15, 0.2) is 0 Å². The minimum Gasteiger partial charge on any atom is -0.207 e. The molecule has 0 radical (unpaired) electrons. The summed E-state index contributed by atoms with van der Waals surface area (Å²) in [4.78, 5) is 0.271. The van der Waals surface area contributed by atoms with E-state index in [1.165, 1.54) is 0 Å². The van der Waals surface area contributed by atoms with Crippen LogP contribution in [-0.4, -0.2) is 19.3 Å². The van der Waals surface area contributed by atoms with E-state index < -0.39 is 15.6 Å². The lowest BCUT2D eigenvalue weighted by Gasteiger charge is -2.26. The van der Waals surface area contributed by atoms with Crippen molar-refractivity contribution in [1.29, 1.82) is 0 Å². The Balaban J connectivity index is 3.05. The second kappa shape index (κ2) is 5.82. The normalized spacial score (nSPS) is 15.5. The van der Waals surface area contributed by atoms with Crippen molar-refractivity contribution < 1.29 is 8.42 Å². The van der Waals surface area contributed by atoms with Gasteiger partial charge in [-0.1, -0.05) is 44.8 Å². The first-order chi connectivity index (χ1) is 7.83. The molecule has 1 atom stereocenters. The molecule has 0 aliphatic rings. The van der Waals surface area contributed by atoms with Gasteiger partial charge in [-0.15, -0.1) is 0 Å². The Bertz CT molecular complexity index is 484. The fourth-order valence-electron chi connectivity index (χ4n) is 1.21. The van der Waals surface area contributed by atoms with E-state index in [0.29, 0.717) is 11.8 Å². The summed E-state index contributed by atoms with van der Waals surface area (Å²) in [6, 6.07) is 6.67. The van der Waals surface area contributed by atoms with Crippen molar-refractivity contribution in [2.45, 2.75) is 30.7 Å². The smallest absolute Gasteiger partial charge is 0.207 e. The van der Waals surface area contributed by atoms with Crippen LogP contribution in [0.5, 0.6) is 0 Å². The molecule has 1 aromatic carbocycles. The minimum absolute atomic E-state index is 0.271. The van der Waals surface area contributed by atoms with Crippen LogP contribution in [0.15, 0.2) is 33.6 Å². The molecular weight excluding hydrogens is 370 g/mol. The average Bonchev–Trinajstić information content (AvgIpc) is 2.28. The third-order valence-corrected chi connectivity index (χ3v) is 5.93. The number of halogens is 2. The summed E-state index contributed by atoms with van der Waals surface area (Å²) in [5, 5.41) is 0.573. The fraction of sp³-hybridized carbons (Fsp3) is 0.455. The third-order valence-electron chi connectivity index (χ3n) is 2.56. The highest BCUT2D eigenvalue weighted by Crippen LogP contribution is 2.20. The Kier molecular flexibility index (Phi) is 5.19. The van der Waals surface area contributed by atoms with Crippen LogP contribution in [0.2, 0.25) is 0 Å². The second-order valence-corrected chi connectivity index (χ2v) is 7.27. The lowest BCUT2D eigenvalue weighted by atomic mass is 10.0. The molecule has 1 N–H and O–H groups in total. The molecule has 0 fully saturated rings. The monoisotopic (exact) mass is 383 g/mol. The molecule has 0 aliphatic heterocycles. The van der Waals surface area contributed by atoms with Crippen LogP contribution in [0.4, 0.5) is 0 Å². The van der Waals surface area contributed by atoms with E-state index in [4.69, 9.17) is 0 Å². The molecule has 1 unspecified atom stereocenters. The maximum atomic E-state index is 12.2. The zero-order valence-corrected chi connectivity index (χ0v) is 13.7. The number of alkyl halides is 1. The molecule has 3 nitrogen and oxygen atoms in total. The fourth-order valence-corrected chi connectivity index (χ4v) is 4.01. The molecule has 0 aromatic heterocycles. The molecule has 1 rings (SSSR count). The summed E-state index contributed by atoms with van der Waals surface area (Å²) in [7, 11) is -3.47. The van der Waals surface area contributed by atoms with Gasteiger partial charge in [-0.25, -0.2) is 13.1 Å². The van der Waals surface area contributed by atoms with E-state index in [-0.39, 0.29) is 4.90 Å². The van der Waals surface area contributed by atoms with Gasteiger partial charge in [-0.3, -0.25) is 0 Å². The molecule has 0 heterocycles. The van der Waals surface area contributed by atoms with Crippen molar-refractivity contribution in [3.63, 3.8) is 0 Å². The summed E-state index contributed by atoms with van der Waals surface area (Å²) in [6.45, 7) is 3.82. The molecule has 17 heavy (non-hydrogen) atoms.